The fourth-order valence-electron chi connectivity index (χ4n) is 1.72. The Labute approximate surface area is 118 Å². The molecule has 1 saturated carbocycles. The van der Waals surface area contributed by atoms with E-state index >= 15 is 0 Å². The lowest BCUT2D eigenvalue weighted by Crippen LogP contribution is -2.32. The normalized spacial score (nSPS) is 18.9. The van der Waals surface area contributed by atoms with Gasteiger partial charge >= 0.3 is 5.97 Å². The van der Waals surface area contributed by atoms with E-state index in [-0.39, 0.29) is 11.1 Å². The number of methoxy groups -OCH3 is 1. The molecule has 1 N–H and O–H groups in total. The number of aliphatic carboxylic acids is 1. The van der Waals surface area contributed by atoms with E-state index in [9.17, 15) is 9.18 Å². The Hall–Kier alpha value is -1.43. The van der Waals surface area contributed by atoms with Gasteiger partial charge in [-0.25, -0.2) is 4.79 Å². The van der Waals surface area contributed by atoms with Crippen molar-refractivity contribution in [3.63, 3.8) is 0 Å². The lowest BCUT2D eigenvalue weighted by Gasteiger charge is -2.29. The molecule has 0 unspecified atom stereocenters. The quantitative estimate of drug-likeness (QED) is 0.549. The molecule has 1 fully saturated rings. The van der Waals surface area contributed by atoms with Gasteiger partial charge in [-0.1, -0.05) is 0 Å². The van der Waals surface area contributed by atoms with Crippen LogP contribution in [0.2, 0.25) is 0 Å². The van der Waals surface area contributed by atoms with Gasteiger partial charge in [0.25, 0.3) is 0 Å². The summed E-state index contributed by atoms with van der Waals surface area (Å²) in [7, 11) is 2.83. The molecule has 0 amide bonds. The third-order valence-corrected chi connectivity index (χ3v) is 3.52. The van der Waals surface area contributed by atoms with Crippen LogP contribution >= 0.6 is 0 Å². The number of carboxylic acid groups (broad SMARTS) is 1. The van der Waals surface area contributed by atoms with Crippen molar-refractivity contribution in [3.8, 4) is 0 Å². The van der Waals surface area contributed by atoms with Crippen LogP contribution in [-0.4, -0.2) is 49.8 Å². The van der Waals surface area contributed by atoms with Gasteiger partial charge in [0.1, 0.15) is 17.1 Å². The zero-order chi connectivity index (χ0) is 15.4. The van der Waals surface area contributed by atoms with Gasteiger partial charge in [-0.05, 0) is 26.7 Å². The fourth-order valence-corrected chi connectivity index (χ4v) is 1.72. The van der Waals surface area contributed by atoms with Crippen molar-refractivity contribution in [2.24, 2.45) is 10.4 Å². The van der Waals surface area contributed by atoms with Crippen LogP contribution in [0.3, 0.4) is 0 Å². The number of hydrogen-bond donors (Lipinski definition) is 1. The van der Waals surface area contributed by atoms with E-state index in [0.29, 0.717) is 12.4 Å². The minimum atomic E-state index is -1.14. The second-order valence-corrected chi connectivity index (χ2v) is 5.56. The number of hydrogen-bond acceptors (Lipinski definition) is 4. The Morgan fingerprint density at radius 1 is 1.50 bits per heavy atom. The highest BCUT2D eigenvalue weighted by molar-refractivity contribution is 6.40. The minimum absolute atomic E-state index is 0.120. The monoisotopic (exact) mass is 287 g/mol. The summed E-state index contributed by atoms with van der Waals surface area (Å²) in [6.45, 7) is 3.41. The Kier molecular flexibility index (Phi) is 5.28. The van der Waals surface area contributed by atoms with Crippen molar-refractivity contribution in [1.29, 1.82) is 0 Å². The first-order chi connectivity index (χ1) is 9.30. The van der Waals surface area contributed by atoms with Crippen molar-refractivity contribution in [2.45, 2.75) is 32.3 Å². The van der Waals surface area contributed by atoms with Crippen molar-refractivity contribution in [3.05, 3.63) is 11.8 Å². The highest BCUT2D eigenvalue weighted by atomic mass is 19.1. The average Bonchev–Trinajstić information content (AvgIpc) is 3.18. The van der Waals surface area contributed by atoms with E-state index < -0.39 is 18.2 Å². The standard InChI is InChI=1S/C14H22FNO4/c1-13(2,20-9-14(8-15)5-6-14)11(19-4)7-10(16-3)12(17)18/h7H,5-6,8-9H2,1-4H3,(H,17,18)/b11-7+,16-10?. The Balaban J connectivity index is 2.80. The van der Waals surface area contributed by atoms with Crippen molar-refractivity contribution >= 4 is 11.7 Å². The second-order valence-electron chi connectivity index (χ2n) is 5.56. The highest BCUT2D eigenvalue weighted by Gasteiger charge is 2.45. The Bertz CT molecular complexity index is 425. The van der Waals surface area contributed by atoms with Crippen molar-refractivity contribution < 1.29 is 23.8 Å². The Morgan fingerprint density at radius 2 is 2.10 bits per heavy atom. The third kappa shape index (κ3) is 4.03. The molecule has 0 aromatic heterocycles. The molecule has 5 nitrogen and oxygen atoms in total. The third-order valence-electron chi connectivity index (χ3n) is 3.52. The van der Waals surface area contributed by atoms with Gasteiger partial charge < -0.3 is 14.6 Å². The molecule has 0 spiro atoms. The summed E-state index contributed by atoms with van der Waals surface area (Å²) < 4.78 is 23.8. The van der Waals surface area contributed by atoms with E-state index in [0.717, 1.165) is 12.8 Å². The topological polar surface area (TPSA) is 68.1 Å². The number of aliphatic imine (C=N–C) groups is 1. The lowest BCUT2D eigenvalue weighted by molar-refractivity contribution is -0.129. The largest absolute Gasteiger partial charge is 0.498 e. The highest BCUT2D eigenvalue weighted by Crippen LogP contribution is 2.47. The van der Waals surface area contributed by atoms with Crippen molar-refractivity contribution in [1.82, 2.24) is 0 Å². The van der Waals surface area contributed by atoms with Crippen LogP contribution in [0.1, 0.15) is 26.7 Å². The zero-order valence-corrected chi connectivity index (χ0v) is 12.4. The Morgan fingerprint density at radius 3 is 2.45 bits per heavy atom. The molecule has 6 heteroatoms. The first-order valence-corrected chi connectivity index (χ1v) is 6.46. The predicted octanol–water partition coefficient (Wildman–Crippen LogP) is 2.22. The lowest BCUT2D eigenvalue weighted by atomic mass is 10.0. The summed E-state index contributed by atoms with van der Waals surface area (Å²) >= 11 is 0. The van der Waals surface area contributed by atoms with Crippen LogP contribution in [0.4, 0.5) is 4.39 Å². The predicted molar refractivity (Wildman–Crippen MR) is 73.8 cm³/mol. The molecule has 0 atom stereocenters. The summed E-state index contributed by atoms with van der Waals surface area (Å²) in [5.41, 5.74) is -1.32. The maximum absolute atomic E-state index is 12.8. The van der Waals surface area contributed by atoms with Gasteiger partial charge in [0.15, 0.2) is 0 Å². The van der Waals surface area contributed by atoms with E-state index in [1.165, 1.54) is 20.2 Å². The maximum atomic E-state index is 12.8. The zero-order valence-electron chi connectivity index (χ0n) is 12.4. The van der Waals surface area contributed by atoms with Crippen LogP contribution in [-0.2, 0) is 14.3 Å². The summed E-state index contributed by atoms with van der Waals surface area (Å²) in [6, 6.07) is 0. The molecule has 1 aliphatic carbocycles. The number of carbonyl (C=O) groups is 1. The number of alkyl halides is 1. The molecule has 114 valence electrons. The molecular weight excluding hydrogens is 265 g/mol. The van der Waals surface area contributed by atoms with Crippen LogP contribution in [0.15, 0.2) is 16.8 Å². The first-order valence-electron chi connectivity index (χ1n) is 6.46. The summed E-state index contributed by atoms with van der Waals surface area (Å²) in [6.07, 6.45) is 2.97. The summed E-state index contributed by atoms with van der Waals surface area (Å²) in [5.74, 6) is -0.796. The molecule has 0 radical (unpaired) electrons. The van der Waals surface area contributed by atoms with E-state index in [4.69, 9.17) is 14.6 Å². The average molecular weight is 287 g/mol. The molecule has 0 heterocycles. The van der Waals surface area contributed by atoms with Crippen LogP contribution in [0, 0.1) is 5.41 Å². The van der Waals surface area contributed by atoms with Crippen LogP contribution < -0.4 is 0 Å². The second kappa shape index (κ2) is 6.35. The molecule has 0 saturated heterocycles. The van der Waals surface area contributed by atoms with Gasteiger partial charge in [0.2, 0.25) is 0 Å². The fraction of sp³-hybridized carbons (Fsp3) is 0.714. The smallest absolute Gasteiger partial charge is 0.354 e. The van der Waals surface area contributed by atoms with Crippen LogP contribution in [0.5, 0.6) is 0 Å². The SMILES string of the molecule is CN=C(/C=C(/OC)C(C)(C)OCC1(CF)CC1)C(=O)O. The maximum Gasteiger partial charge on any atom is 0.354 e. The number of rotatable bonds is 8. The molecule has 0 aromatic rings. The number of halogens is 1. The van der Waals surface area contributed by atoms with E-state index in [1.54, 1.807) is 13.8 Å². The number of carboxylic acids is 1. The molecule has 20 heavy (non-hydrogen) atoms. The van der Waals surface area contributed by atoms with Gasteiger partial charge in [-0.15, -0.1) is 0 Å². The van der Waals surface area contributed by atoms with E-state index in [2.05, 4.69) is 4.99 Å². The molecule has 1 rings (SSSR count). The summed E-state index contributed by atoms with van der Waals surface area (Å²) in [4.78, 5) is 14.6. The van der Waals surface area contributed by atoms with Gasteiger partial charge in [-0.3, -0.25) is 9.38 Å². The van der Waals surface area contributed by atoms with Gasteiger partial charge in [0, 0.05) is 18.5 Å². The summed E-state index contributed by atoms with van der Waals surface area (Å²) in [5, 5.41) is 8.97. The van der Waals surface area contributed by atoms with E-state index in [1.807, 2.05) is 0 Å². The molecular formula is C14H22FNO4. The van der Waals surface area contributed by atoms with Crippen LogP contribution in [0.25, 0.3) is 0 Å². The van der Waals surface area contributed by atoms with Gasteiger partial charge in [0.05, 0.1) is 20.4 Å². The minimum Gasteiger partial charge on any atom is -0.498 e. The molecule has 1 aliphatic rings. The van der Waals surface area contributed by atoms with Crippen molar-refractivity contribution in [2.75, 3.05) is 27.4 Å². The number of nitrogens with zero attached hydrogens (tertiary/aromatic N) is 1. The first kappa shape index (κ1) is 16.6. The molecule has 0 bridgehead atoms. The molecule has 0 aromatic carbocycles. The number of ether oxygens (including phenoxy) is 2. The molecule has 0 aliphatic heterocycles. The van der Waals surface area contributed by atoms with Gasteiger partial charge in [-0.2, -0.15) is 0 Å².